The standard InChI is InChI=1S/C27H33ClN4O2/c1-18-6-5-9-20(16-18)25-29-22(28)17-23(30-25)31-14-12-27(13-15-31)26(33)32-21(10-11-24(32)34-27)19-7-3-2-4-8-19/h2-4,7-8,17-18,20-21,24H,5-6,9-16H2,1H3/t18?,20?,21-,24+/m0/s1. The first-order valence-electron chi connectivity index (χ1n) is 12.9. The first-order valence-corrected chi connectivity index (χ1v) is 13.3. The van der Waals surface area contributed by atoms with E-state index in [2.05, 4.69) is 28.9 Å². The molecule has 180 valence electrons. The maximum absolute atomic E-state index is 13.7. The number of piperidine rings is 1. The number of anilines is 1. The van der Waals surface area contributed by atoms with E-state index in [0.717, 1.165) is 50.4 Å². The van der Waals surface area contributed by atoms with Crippen molar-refractivity contribution in [2.45, 2.75) is 82.1 Å². The zero-order valence-electron chi connectivity index (χ0n) is 19.8. The van der Waals surface area contributed by atoms with Crippen LogP contribution in [0.15, 0.2) is 36.4 Å². The van der Waals surface area contributed by atoms with Crippen molar-refractivity contribution in [3.05, 3.63) is 52.9 Å². The smallest absolute Gasteiger partial charge is 0.257 e. The molecule has 4 aliphatic rings. The zero-order valence-corrected chi connectivity index (χ0v) is 20.6. The number of hydrogen-bond acceptors (Lipinski definition) is 5. The summed E-state index contributed by atoms with van der Waals surface area (Å²) in [5.41, 5.74) is 0.504. The highest BCUT2D eigenvalue weighted by atomic mass is 35.5. The van der Waals surface area contributed by atoms with E-state index in [0.29, 0.717) is 29.8 Å². The fourth-order valence-electron chi connectivity index (χ4n) is 6.58. The number of hydrogen-bond donors (Lipinski definition) is 0. The van der Waals surface area contributed by atoms with Crippen molar-refractivity contribution in [2.24, 2.45) is 5.92 Å². The van der Waals surface area contributed by atoms with Crippen molar-refractivity contribution >= 4 is 23.3 Å². The average Bonchev–Trinajstić information content (AvgIpc) is 3.37. The number of rotatable bonds is 3. The van der Waals surface area contributed by atoms with Crippen LogP contribution in [-0.4, -0.2) is 45.7 Å². The second kappa shape index (κ2) is 8.80. The number of carbonyl (C=O) groups is 1. The molecule has 1 amide bonds. The van der Waals surface area contributed by atoms with E-state index in [9.17, 15) is 4.79 Å². The Bertz CT molecular complexity index is 1060. The number of halogens is 1. The second-order valence-electron chi connectivity index (χ2n) is 10.6. The fourth-order valence-corrected chi connectivity index (χ4v) is 6.76. The van der Waals surface area contributed by atoms with Crippen molar-refractivity contribution in [3.8, 4) is 0 Å². The van der Waals surface area contributed by atoms with E-state index in [1.807, 2.05) is 29.2 Å². The molecule has 34 heavy (non-hydrogen) atoms. The molecule has 4 fully saturated rings. The maximum Gasteiger partial charge on any atom is 0.257 e. The van der Waals surface area contributed by atoms with Crippen LogP contribution in [0, 0.1) is 5.92 Å². The lowest BCUT2D eigenvalue weighted by Gasteiger charge is -2.38. The molecule has 1 spiro atoms. The molecule has 1 aromatic heterocycles. The van der Waals surface area contributed by atoms with Crippen molar-refractivity contribution in [1.29, 1.82) is 0 Å². The molecule has 6 rings (SSSR count). The Hall–Kier alpha value is -2.18. The van der Waals surface area contributed by atoms with Crippen LogP contribution in [0.25, 0.3) is 0 Å². The van der Waals surface area contributed by atoms with Crippen LogP contribution in [0.5, 0.6) is 0 Å². The minimum absolute atomic E-state index is 0.0994. The molecule has 3 saturated heterocycles. The molecular formula is C27H33ClN4O2. The lowest BCUT2D eigenvalue weighted by Crippen LogP contribution is -2.50. The van der Waals surface area contributed by atoms with Gasteiger partial charge in [-0.2, -0.15) is 0 Å². The molecule has 1 aromatic carbocycles. The summed E-state index contributed by atoms with van der Waals surface area (Å²) < 4.78 is 6.51. The summed E-state index contributed by atoms with van der Waals surface area (Å²) in [6, 6.07) is 12.4. The van der Waals surface area contributed by atoms with Gasteiger partial charge >= 0.3 is 0 Å². The van der Waals surface area contributed by atoms with Gasteiger partial charge in [-0.3, -0.25) is 4.79 Å². The molecule has 0 N–H and O–H groups in total. The molecule has 2 unspecified atom stereocenters. The highest BCUT2D eigenvalue weighted by Gasteiger charge is 2.58. The minimum Gasteiger partial charge on any atom is -0.356 e. The predicted molar refractivity (Wildman–Crippen MR) is 132 cm³/mol. The average molecular weight is 481 g/mol. The summed E-state index contributed by atoms with van der Waals surface area (Å²) in [6.07, 6.45) is 7.90. The molecule has 6 nitrogen and oxygen atoms in total. The van der Waals surface area contributed by atoms with Crippen LogP contribution in [0.2, 0.25) is 5.15 Å². The van der Waals surface area contributed by atoms with Gasteiger partial charge in [-0.05, 0) is 37.2 Å². The van der Waals surface area contributed by atoms with Crippen LogP contribution in [0.1, 0.15) is 81.6 Å². The van der Waals surface area contributed by atoms with E-state index in [1.54, 1.807) is 0 Å². The van der Waals surface area contributed by atoms with Gasteiger partial charge < -0.3 is 14.5 Å². The number of fused-ring (bicyclic) bond motifs is 1. The van der Waals surface area contributed by atoms with Crippen LogP contribution in [0.4, 0.5) is 5.82 Å². The van der Waals surface area contributed by atoms with Gasteiger partial charge in [0.1, 0.15) is 23.0 Å². The molecule has 4 heterocycles. The highest BCUT2D eigenvalue weighted by molar-refractivity contribution is 6.29. The van der Waals surface area contributed by atoms with Gasteiger partial charge in [-0.25, -0.2) is 9.97 Å². The van der Waals surface area contributed by atoms with E-state index < -0.39 is 5.60 Å². The maximum atomic E-state index is 13.7. The Morgan fingerprint density at radius 1 is 1.06 bits per heavy atom. The third kappa shape index (κ3) is 3.89. The topological polar surface area (TPSA) is 58.6 Å². The van der Waals surface area contributed by atoms with E-state index >= 15 is 0 Å². The summed E-state index contributed by atoms with van der Waals surface area (Å²) in [4.78, 5) is 27.5. The third-order valence-corrected chi connectivity index (χ3v) is 8.59. The van der Waals surface area contributed by atoms with Crippen molar-refractivity contribution in [3.63, 3.8) is 0 Å². The van der Waals surface area contributed by atoms with Gasteiger partial charge in [-0.1, -0.05) is 61.7 Å². The number of ether oxygens (including phenoxy) is 1. The number of amides is 1. The second-order valence-corrected chi connectivity index (χ2v) is 11.0. The van der Waals surface area contributed by atoms with Gasteiger partial charge in [-0.15, -0.1) is 0 Å². The quantitative estimate of drug-likeness (QED) is 0.544. The Morgan fingerprint density at radius 2 is 1.85 bits per heavy atom. The van der Waals surface area contributed by atoms with Gasteiger partial charge in [0.15, 0.2) is 5.60 Å². The highest BCUT2D eigenvalue weighted by Crippen LogP contribution is 2.48. The van der Waals surface area contributed by atoms with E-state index in [-0.39, 0.29) is 18.2 Å². The Morgan fingerprint density at radius 3 is 2.62 bits per heavy atom. The monoisotopic (exact) mass is 480 g/mol. The lowest BCUT2D eigenvalue weighted by molar-refractivity contribution is -0.140. The third-order valence-electron chi connectivity index (χ3n) is 8.40. The van der Waals surface area contributed by atoms with Crippen LogP contribution in [-0.2, 0) is 9.53 Å². The summed E-state index contributed by atoms with van der Waals surface area (Å²) in [5, 5.41) is 0.512. The first kappa shape index (κ1) is 22.3. The SMILES string of the molecule is CC1CCCC(c2nc(Cl)cc(N3CCC4(CC3)O[C@@H]3CC[C@@H](c5ccccc5)N3C4=O)n2)C1. The number of benzene rings is 1. The summed E-state index contributed by atoms with van der Waals surface area (Å²) in [5.74, 6) is 3.03. The largest absolute Gasteiger partial charge is 0.356 e. The summed E-state index contributed by atoms with van der Waals surface area (Å²) >= 11 is 6.44. The van der Waals surface area contributed by atoms with Crippen LogP contribution >= 0.6 is 11.6 Å². The predicted octanol–water partition coefficient (Wildman–Crippen LogP) is 5.48. The number of carbonyl (C=O) groups excluding carboxylic acids is 1. The molecule has 3 aliphatic heterocycles. The number of nitrogens with zero attached hydrogens (tertiary/aromatic N) is 4. The van der Waals surface area contributed by atoms with Crippen LogP contribution < -0.4 is 4.90 Å². The molecule has 0 radical (unpaired) electrons. The molecule has 2 aromatic rings. The van der Waals surface area contributed by atoms with Gasteiger partial charge in [0.05, 0.1) is 6.04 Å². The van der Waals surface area contributed by atoms with Crippen molar-refractivity contribution in [1.82, 2.24) is 14.9 Å². The van der Waals surface area contributed by atoms with Gasteiger partial charge in [0.2, 0.25) is 0 Å². The normalized spacial score (nSPS) is 30.7. The molecule has 1 aliphatic carbocycles. The Labute approximate surface area is 206 Å². The van der Waals surface area contributed by atoms with Gasteiger partial charge in [0.25, 0.3) is 5.91 Å². The van der Waals surface area contributed by atoms with Crippen molar-refractivity contribution in [2.75, 3.05) is 18.0 Å². The number of aromatic nitrogens is 2. The Balaban J connectivity index is 1.17. The first-order chi connectivity index (χ1) is 16.5. The van der Waals surface area contributed by atoms with Crippen LogP contribution in [0.3, 0.4) is 0 Å². The van der Waals surface area contributed by atoms with Gasteiger partial charge in [0, 0.05) is 37.9 Å². The molecule has 7 heteroatoms. The fraction of sp³-hybridized carbons (Fsp3) is 0.593. The van der Waals surface area contributed by atoms with E-state index in [1.165, 1.54) is 18.4 Å². The molecule has 4 atom stereocenters. The Kier molecular flexibility index (Phi) is 5.77. The van der Waals surface area contributed by atoms with Crippen molar-refractivity contribution < 1.29 is 9.53 Å². The molecular weight excluding hydrogens is 448 g/mol. The molecule has 1 saturated carbocycles. The minimum atomic E-state index is -0.701. The lowest BCUT2D eigenvalue weighted by atomic mass is 9.82. The summed E-state index contributed by atoms with van der Waals surface area (Å²) in [7, 11) is 0. The summed E-state index contributed by atoms with van der Waals surface area (Å²) in [6.45, 7) is 3.78. The zero-order chi connectivity index (χ0) is 23.3. The van der Waals surface area contributed by atoms with E-state index in [4.69, 9.17) is 21.3 Å². The molecule has 0 bridgehead atoms.